The minimum absolute atomic E-state index is 0.0561. The molecule has 1 aliphatic heterocycles. The fourth-order valence-corrected chi connectivity index (χ4v) is 3.63. The van der Waals surface area contributed by atoms with Gasteiger partial charge in [-0.2, -0.15) is 0 Å². The van der Waals surface area contributed by atoms with Gasteiger partial charge in [-0.3, -0.25) is 14.6 Å². The molecule has 2 heterocycles. The van der Waals surface area contributed by atoms with E-state index in [0.717, 1.165) is 61.8 Å². The van der Waals surface area contributed by atoms with Crippen molar-refractivity contribution in [3.8, 4) is 0 Å². The van der Waals surface area contributed by atoms with Crippen LogP contribution in [0.15, 0.2) is 52.3 Å². The van der Waals surface area contributed by atoms with Gasteiger partial charge in [0.1, 0.15) is 0 Å². The summed E-state index contributed by atoms with van der Waals surface area (Å²) in [6.07, 6.45) is 3.45. The number of nitrogens with one attached hydrogen (secondary N) is 2. The maximum absolute atomic E-state index is 11.9. The second-order valence-corrected chi connectivity index (χ2v) is 7.53. The number of aliphatic imine (C=N–C) groups is 1. The number of benzene rings is 1. The van der Waals surface area contributed by atoms with Crippen LogP contribution in [0.25, 0.3) is 0 Å². The SMILES string of the molecule is CN=C(NCCCCn1c(C)cccc1=O)NCc1ccc(N2CCCC2=O)cc1. The summed E-state index contributed by atoms with van der Waals surface area (Å²) in [5.41, 5.74) is 3.15. The van der Waals surface area contributed by atoms with E-state index < -0.39 is 0 Å². The zero-order valence-electron chi connectivity index (χ0n) is 17.9. The topological polar surface area (TPSA) is 78.7 Å². The molecule has 0 unspecified atom stereocenters. The molecule has 1 aliphatic rings. The molecule has 0 saturated carbocycles. The van der Waals surface area contributed by atoms with Crippen LogP contribution in [0.4, 0.5) is 5.69 Å². The number of carbonyl (C=O) groups excluding carboxylic acids is 1. The second kappa shape index (κ2) is 10.6. The van der Waals surface area contributed by atoms with E-state index >= 15 is 0 Å². The Morgan fingerprint density at radius 2 is 1.87 bits per heavy atom. The van der Waals surface area contributed by atoms with Gasteiger partial charge in [-0.25, -0.2) is 0 Å². The number of pyridine rings is 1. The summed E-state index contributed by atoms with van der Waals surface area (Å²) >= 11 is 0. The second-order valence-electron chi connectivity index (χ2n) is 7.53. The third-order valence-electron chi connectivity index (χ3n) is 5.37. The van der Waals surface area contributed by atoms with Crippen molar-refractivity contribution in [2.45, 2.75) is 45.7 Å². The summed E-state index contributed by atoms with van der Waals surface area (Å²) in [5.74, 6) is 0.958. The predicted octanol–water partition coefficient (Wildman–Crippen LogP) is 2.43. The highest BCUT2D eigenvalue weighted by atomic mass is 16.2. The molecule has 2 aromatic rings. The first kappa shape index (κ1) is 21.6. The Morgan fingerprint density at radius 1 is 1.07 bits per heavy atom. The van der Waals surface area contributed by atoms with E-state index in [1.165, 1.54) is 0 Å². The molecule has 1 fully saturated rings. The molecular formula is C23H31N5O2. The Morgan fingerprint density at radius 3 is 2.53 bits per heavy atom. The molecule has 1 aromatic carbocycles. The molecule has 0 bridgehead atoms. The number of aryl methyl sites for hydroxylation is 1. The van der Waals surface area contributed by atoms with Gasteiger partial charge in [0.15, 0.2) is 5.96 Å². The molecule has 1 saturated heterocycles. The van der Waals surface area contributed by atoms with Gasteiger partial charge in [0.05, 0.1) is 0 Å². The molecule has 0 radical (unpaired) electrons. The molecule has 7 heteroatoms. The number of amides is 1. The normalized spacial score (nSPS) is 14.3. The van der Waals surface area contributed by atoms with Crippen LogP contribution in [-0.2, 0) is 17.9 Å². The molecule has 1 aromatic heterocycles. The average Bonchev–Trinajstić information content (AvgIpc) is 3.18. The van der Waals surface area contributed by atoms with Crippen molar-refractivity contribution in [1.82, 2.24) is 15.2 Å². The Balaban J connectivity index is 1.38. The van der Waals surface area contributed by atoms with Gasteiger partial charge in [0.25, 0.3) is 5.56 Å². The van der Waals surface area contributed by atoms with Gasteiger partial charge in [-0.1, -0.05) is 18.2 Å². The van der Waals surface area contributed by atoms with Crippen LogP contribution in [0.3, 0.4) is 0 Å². The van der Waals surface area contributed by atoms with Crippen LogP contribution in [0.2, 0.25) is 0 Å². The number of unbranched alkanes of at least 4 members (excludes halogenated alkanes) is 1. The van der Waals surface area contributed by atoms with E-state index in [-0.39, 0.29) is 11.5 Å². The van der Waals surface area contributed by atoms with Crippen LogP contribution >= 0.6 is 0 Å². The molecule has 7 nitrogen and oxygen atoms in total. The number of hydrogen-bond donors (Lipinski definition) is 2. The van der Waals surface area contributed by atoms with Crippen LogP contribution in [0, 0.1) is 6.92 Å². The van der Waals surface area contributed by atoms with E-state index in [0.29, 0.717) is 13.0 Å². The van der Waals surface area contributed by atoms with E-state index in [4.69, 9.17) is 0 Å². The highest BCUT2D eigenvalue weighted by Crippen LogP contribution is 2.21. The van der Waals surface area contributed by atoms with Crippen molar-refractivity contribution in [2.24, 2.45) is 4.99 Å². The van der Waals surface area contributed by atoms with E-state index in [1.54, 1.807) is 19.2 Å². The summed E-state index contributed by atoms with van der Waals surface area (Å²) in [4.78, 5) is 29.8. The highest BCUT2D eigenvalue weighted by molar-refractivity contribution is 5.95. The number of anilines is 1. The first-order chi connectivity index (χ1) is 14.6. The molecule has 30 heavy (non-hydrogen) atoms. The highest BCUT2D eigenvalue weighted by Gasteiger charge is 2.21. The minimum atomic E-state index is 0.0561. The first-order valence-corrected chi connectivity index (χ1v) is 10.6. The monoisotopic (exact) mass is 409 g/mol. The van der Waals surface area contributed by atoms with E-state index in [1.807, 2.05) is 46.7 Å². The Kier molecular flexibility index (Phi) is 7.65. The van der Waals surface area contributed by atoms with Gasteiger partial charge in [0, 0.05) is 57.1 Å². The molecule has 1 amide bonds. The van der Waals surface area contributed by atoms with Crippen molar-refractivity contribution in [2.75, 3.05) is 25.0 Å². The molecule has 3 rings (SSSR count). The van der Waals surface area contributed by atoms with Crippen LogP contribution in [-0.4, -0.2) is 36.6 Å². The summed E-state index contributed by atoms with van der Waals surface area (Å²) in [7, 11) is 1.75. The Labute approximate surface area is 177 Å². The first-order valence-electron chi connectivity index (χ1n) is 10.6. The van der Waals surface area contributed by atoms with Gasteiger partial charge >= 0.3 is 0 Å². The number of nitrogens with zero attached hydrogens (tertiary/aromatic N) is 3. The van der Waals surface area contributed by atoms with Crippen LogP contribution in [0.1, 0.15) is 36.9 Å². The summed E-state index contributed by atoms with van der Waals surface area (Å²) in [5, 5.41) is 6.63. The van der Waals surface area contributed by atoms with Crippen LogP contribution < -0.4 is 21.1 Å². The standard InChI is InChI=1S/C23H31N5O2/c1-18-7-5-8-21(29)27(18)15-4-3-14-25-23(24-2)26-17-19-10-12-20(13-11-19)28-16-6-9-22(28)30/h5,7-8,10-13H,3-4,6,9,14-17H2,1-2H3,(H2,24,25,26). The van der Waals surface area contributed by atoms with Gasteiger partial charge in [-0.15, -0.1) is 0 Å². The third kappa shape index (κ3) is 5.72. The number of aromatic nitrogens is 1. The van der Waals surface area contributed by atoms with E-state index in [9.17, 15) is 9.59 Å². The molecule has 0 aliphatic carbocycles. The molecule has 0 atom stereocenters. The lowest BCUT2D eigenvalue weighted by atomic mass is 10.2. The minimum Gasteiger partial charge on any atom is -0.356 e. The number of carbonyl (C=O) groups is 1. The van der Waals surface area contributed by atoms with Crippen molar-refractivity contribution in [3.63, 3.8) is 0 Å². The fraction of sp³-hybridized carbons (Fsp3) is 0.435. The lowest BCUT2D eigenvalue weighted by Crippen LogP contribution is -2.37. The number of hydrogen-bond acceptors (Lipinski definition) is 3. The maximum atomic E-state index is 11.9. The number of guanidine groups is 1. The van der Waals surface area contributed by atoms with Gasteiger partial charge in [0.2, 0.25) is 5.91 Å². The number of rotatable bonds is 8. The quantitative estimate of drug-likeness (QED) is 0.399. The van der Waals surface area contributed by atoms with Gasteiger partial charge < -0.3 is 20.1 Å². The van der Waals surface area contributed by atoms with Crippen molar-refractivity contribution < 1.29 is 4.79 Å². The Bertz CT molecular complexity index is 933. The smallest absolute Gasteiger partial charge is 0.250 e. The fourth-order valence-electron chi connectivity index (χ4n) is 3.63. The third-order valence-corrected chi connectivity index (χ3v) is 5.37. The largest absolute Gasteiger partial charge is 0.356 e. The lowest BCUT2D eigenvalue weighted by molar-refractivity contribution is -0.117. The Hall–Kier alpha value is -3.09. The molecule has 2 N–H and O–H groups in total. The predicted molar refractivity (Wildman–Crippen MR) is 121 cm³/mol. The van der Waals surface area contributed by atoms with Crippen molar-refractivity contribution in [3.05, 3.63) is 64.1 Å². The van der Waals surface area contributed by atoms with Gasteiger partial charge in [-0.05, 0) is 49.9 Å². The molecule has 160 valence electrons. The maximum Gasteiger partial charge on any atom is 0.250 e. The van der Waals surface area contributed by atoms with Crippen molar-refractivity contribution in [1.29, 1.82) is 0 Å². The summed E-state index contributed by atoms with van der Waals surface area (Å²) in [6, 6.07) is 13.5. The molecular weight excluding hydrogens is 378 g/mol. The summed E-state index contributed by atoms with van der Waals surface area (Å²) < 4.78 is 1.81. The van der Waals surface area contributed by atoms with E-state index in [2.05, 4.69) is 15.6 Å². The summed E-state index contributed by atoms with van der Waals surface area (Å²) in [6.45, 7) is 4.94. The zero-order valence-corrected chi connectivity index (χ0v) is 17.9. The lowest BCUT2D eigenvalue weighted by Gasteiger charge is -2.16. The molecule has 0 spiro atoms. The van der Waals surface area contributed by atoms with Crippen molar-refractivity contribution >= 4 is 17.6 Å². The zero-order chi connectivity index (χ0) is 21.3. The average molecular weight is 410 g/mol. The van der Waals surface area contributed by atoms with Crippen LogP contribution in [0.5, 0.6) is 0 Å².